The van der Waals surface area contributed by atoms with Gasteiger partial charge in [0.1, 0.15) is 11.6 Å². The molecule has 1 aliphatic rings. The smallest absolute Gasteiger partial charge is 0.319 e. The largest absolute Gasteiger partial charge is 0.497 e. The summed E-state index contributed by atoms with van der Waals surface area (Å²) in [5.74, 6) is 1.34. The van der Waals surface area contributed by atoms with Crippen LogP contribution in [0.25, 0.3) is 0 Å². The van der Waals surface area contributed by atoms with E-state index >= 15 is 0 Å². The highest BCUT2D eigenvalue weighted by Gasteiger charge is 2.22. The molecule has 0 unspecified atom stereocenters. The zero-order valence-electron chi connectivity index (χ0n) is 18.3. The lowest BCUT2D eigenvalue weighted by molar-refractivity contribution is 0.227. The molecule has 7 nitrogen and oxygen atoms in total. The number of hydrogen-bond acceptors (Lipinski definition) is 3. The van der Waals surface area contributed by atoms with Gasteiger partial charge in [-0.2, -0.15) is 0 Å². The van der Waals surface area contributed by atoms with Gasteiger partial charge in [0, 0.05) is 25.3 Å². The van der Waals surface area contributed by atoms with E-state index in [0.29, 0.717) is 31.5 Å². The minimum Gasteiger partial charge on any atom is -0.497 e. The SMILES string of the molecule is COc1ccc(NC(=O)NCC2CCC(CNC(=O)NCc3ccc(F)cc3)CC2)cc1. The molecule has 0 heterocycles. The minimum atomic E-state index is -0.290. The maximum absolute atomic E-state index is 12.9. The number of ether oxygens (including phenoxy) is 1. The van der Waals surface area contributed by atoms with Gasteiger partial charge in [0.15, 0.2) is 0 Å². The van der Waals surface area contributed by atoms with Crippen LogP contribution in [0.2, 0.25) is 0 Å². The van der Waals surface area contributed by atoms with Crippen LogP contribution in [0.4, 0.5) is 19.7 Å². The Morgan fingerprint density at radius 3 is 1.97 bits per heavy atom. The fraction of sp³-hybridized carbons (Fsp3) is 0.417. The monoisotopic (exact) mass is 442 g/mol. The van der Waals surface area contributed by atoms with Gasteiger partial charge in [-0.3, -0.25) is 0 Å². The number of carbonyl (C=O) groups excluding carboxylic acids is 2. The van der Waals surface area contributed by atoms with Crippen molar-refractivity contribution in [1.82, 2.24) is 16.0 Å². The second-order valence-corrected chi connectivity index (χ2v) is 8.14. The predicted octanol–water partition coefficient (Wildman–Crippen LogP) is 4.26. The summed E-state index contributed by atoms with van der Waals surface area (Å²) in [6.45, 7) is 1.64. The van der Waals surface area contributed by atoms with Crippen molar-refractivity contribution in [3.63, 3.8) is 0 Å². The first-order valence-electron chi connectivity index (χ1n) is 11.0. The van der Waals surface area contributed by atoms with Gasteiger partial charge in [0.2, 0.25) is 0 Å². The zero-order chi connectivity index (χ0) is 22.8. The van der Waals surface area contributed by atoms with Crippen molar-refractivity contribution >= 4 is 17.7 Å². The normalized spacial score (nSPS) is 17.8. The highest BCUT2D eigenvalue weighted by atomic mass is 19.1. The molecule has 172 valence electrons. The van der Waals surface area contributed by atoms with Crippen LogP contribution in [0.5, 0.6) is 5.75 Å². The van der Waals surface area contributed by atoms with Crippen LogP contribution in [0.15, 0.2) is 48.5 Å². The van der Waals surface area contributed by atoms with Crippen LogP contribution in [0.1, 0.15) is 31.2 Å². The Balaban J connectivity index is 1.27. The van der Waals surface area contributed by atoms with Gasteiger partial charge in [-0.05, 0) is 79.5 Å². The molecule has 4 N–H and O–H groups in total. The molecule has 2 aromatic carbocycles. The van der Waals surface area contributed by atoms with Gasteiger partial charge in [0.05, 0.1) is 7.11 Å². The fourth-order valence-corrected chi connectivity index (χ4v) is 3.81. The highest BCUT2D eigenvalue weighted by molar-refractivity contribution is 5.89. The van der Waals surface area contributed by atoms with Crippen LogP contribution in [0.3, 0.4) is 0 Å². The fourth-order valence-electron chi connectivity index (χ4n) is 3.81. The molecule has 3 rings (SSSR count). The van der Waals surface area contributed by atoms with Crippen LogP contribution in [-0.4, -0.2) is 32.3 Å². The first-order valence-corrected chi connectivity index (χ1v) is 11.0. The molecular formula is C24H31FN4O3. The molecule has 0 spiro atoms. The minimum absolute atomic E-state index is 0.211. The highest BCUT2D eigenvalue weighted by Crippen LogP contribution is 2.28. The van der Waals surface area contributed by atoms with Crippen molar-refractivity contribution in [3.8, 4) is 5.75 Å². The second-order valence-electron chi connectivity index (χ2n) is 8.14. The van der Waals surface area contributed by atoms with Crippen LogP contribution in [0, 0.1) is 17.7 Å². The first kappa shape index (κ1) is 23.4. The lowest BCUT2D eigenvalue weighted by Gasteiger charge is -2.28. The number of benzene rings is 2. The standard InChI is InChI=1S/C24H31FN4O3/c1-32-22-12-10-21(11-13-22)29-24(31)28-16-18-4-2-17(3-5-18)14-26-23(30)27-15-19-6-8-20(25)9-7-19/h6-13,17-18H,2-5,14-16H2,1H3,(H2,26,27,30)(H2,28,29,31). The molecule has 0 aromatic heterocycles. The number of anilines is 1. The van der Waals surface area contributed by atoms with E-state index in [9.17, 15) is 14.0 Å². The van der Waals surface area contributed by atoms with E-state index in [1.54, 1.807) is 43.5 Å². The van der Waals surface area contributed by atoms with Crippen LogP contribution >= 0.6 is 0 Å². The number of urea groups is 2. The number of nitrogens with one attached hydrogen (secondary N) is 4. The van der Waals surface area contributed by atoms with Gasteiger partial charge >= 0.3 is 12.1 Å². The van der Waals surface area contributed by atoms with E-state index in [-0.39, 0.29) is 17.9 Å². The summed E-state index contributed by atoms with van der Waals surface area (Å²) in [7, 11) is 1.60. The molecule has 1 saturated carbocycles. The molecule has 2 aromatic rings. The lowest BCUT2D eigenvalue weighted by Crippen LogP contribution is -2.39. The lowest BCUT2D eigenvalue weighted by atomic mass is 9.82. The molecule has 8 heteroatoms. The summed E-state index contributed by atoms with van der Waals surface area (Å²) in [5.41, 5.74) is 1.57. The van der Waals surface area contributed by atoms with E-state index in [2.05, 4.69) is 21.3 Å². The number of halogens is 1. The van der Waals surface area contributed by atoms with Gasteiger partial charge in [0.25, 0.3) is 0 Å². The Morgan fingerprint density at radius 2 is 1.41 bits per heavy atom. The number of amides is 4. The average molecular weight is 443 g/mol. The van der Waals surface area contributed by atoms with Gasteiger partial charge in [-0.25, -0.2) is 14.0 Å². The van der Waals surface area contributed by atoms with Crippen LogP contribution < -0.4 is 26.0 Å². The van der Waals surface area contributed by atoms with Crippen molar-refractivity contribution in [2.75, 3.05) is 25.5 Å². The Bertz CT molecular complexity index is 866. The molecule has 0 aliphatic heterocycles. The number of methoxy groups -OCH3 is 1. The first-order chi connectivity index (χ1) is 15.5. The predicted molar refractivity (Wildman–Crippen MR) is 122 cm³/mol. The van der Waals surface area contributed by atoms with E-state index < -0.39 is 0 Å². The van der Waals surface area contributed by atoms with Gasteiger partial charge in [-0.15, -0.1) is 0 Å². The summed E-state index contributed by atoms with van der Waals surface area (Å²) in [5, 5.41) is 11.5. The van der Waals surface area contributed by atoms with Crippen molar-refractivity contribution in [1.29, 1.82) is 0 Å². The summed E-state index contributed by atoms with van der Waals surface area (Å²) in [6, 6.07) is 12.8. The van der Waals surface area contributed by atoms with Gasteiger partial charge in [-0.1, -0.05) is 12.1 Å². The maximum atomic E-state index is 12.9. The topological polar surface area (TPSA) is 91.5 Å². The second kappa shape index (κ2) is 11.9. The molecular weight excluding hydrogens is 411 g/mol. The van der Waals surface area contributed by atoms with Gasteiger partial charge < -0.3 is 26.0 Å². The molecule has 0 saturated heterocycles. The van der Waals surface area contributed by atoms with Crippen molar-refractivity contribution in [2.24, 2.45) is 11.8 Å². The third-order valence-electron chi connectivity index (χ3n) is 5.78. The van der Waals surface area contributed by atoms with E-state index in [4.69, 9.17) is 4.74 Å². The Hall–Kier alpha value is -3.29. The summed E-state index contributed by atoms with van der Waals surface area (Å²) < 4.78 is 18.0. The third-order valence-corrected chi connectivity index (χ3v) is 5.78. The van der Waals surface area contributed by atoms with E-state index in [1.807, 2.05) is 0 Å². The van der Waals surface area contributed by atoms with Crippen molar-refractivity contribution < 1.29 is 18.7 Å². The number of rotatable bonds is 8. The Kier molecular flexibility index (Phi) is 8.71. The third kappa shape index (κ3) is 7.76. The summed E-state index contributed by atoms with van der Waals surface area (Å²) in [4.78, 5) is 24.1. The average Bonchev–Trinajstić information content (AvgIpc) is 2.82. The number of carbonyl (C=O) groups is 2. The number of hydrogen-bond donors (Lipinski definition) is 4. The quantitative estimate of drug-likeness (QED) is 0.492. The molecule has 4 amide bonds. The Morgan fingerprint density at radius 1 is 0.844 bits per heavy atom. The van der Waals surface area contributed by atoms with E-state index in [0.717, 1.165) is 42.7 Å². The molecule has 0 bridgehead atoms. The van der Waals surface area contributed by atoms with Crippen molar-refractivity contribution in [2.45, 2.75) is 32.2 Å². The van der Waals surface area contributed by atoms with E-state index in [1.165, 1.54) is 12.1 Å². The maximum Gasteiger partial charge on any atom is 0.319 e. The molecule has 0 radical (unpaired) electrons. The van der Waals surface area contributed by atoms with Crippen molar-refractivity contribution in [3.05, 3.63) is 59.9 Å². The molecule has 32 heavy (non-hydrogen) atoms. The molecule has 0 atom stereocenters. The summed E-state index contributed by atoms with van der Waals surface area (Å²) >= 11 is 0. The zero-order valence-corrected chi connectivity index (χ0v) is 18.3. The Labute approximate surface area is 188 Å². The van der Waals surface area contributed by atoms with Crippen LogP contribution in [-0.2, 0) is 6.54 Å². The molecule has 1 fully saturated rings. The summed E-state index contributed by atoms with van der Waals surface area (Å²) in [6.07, 6.45) is 4.08. The molecule has 1 aliphatic carbocycles.